The summed E-state index contributed by atoms with van der Waals surface area (Å²) in [5.41, 5.74) is 0.870. The standard InChI is InChI=1S/C10H9NO2S/c1-13-9-4-2-8(3-5-9)10-11-6-7-14(10)12/h2-7H,1H3. The second-order valence-corrected chi connectivity index (χ2v) is 4.00. The van der Waals surface area contributed by atoms with Gasteiger partial charge in [0.15, 0.2) is 0 Å². The molecule has 72 valence electrons. The highest BCUT2D eigenvalue weighted by molar-refractivity contribution is 8.04. The van der Waals surface area contributed by atoms with E-state index < -0.39 is 10.8 Å². The predicted molar refractivity (Wildman–Crippen MR) is 56.8 cm³/mol. The van der Waals surface area contributed by atoms with Gasteiger partial charge >= 0.3 is 0 Å². The molecule has 3 nitrogen and oxygen atoms in total. The van der Waals surface area contributed by atoms with Gasteiger partial charge in [-0.15, -0.1) is 0 Å². The summed E-state index contributed by atoms with van der Waals surface area (Å²) in [6, 6.07) is 7.35. The van der Waals surface area contributed by atoms with Crippen LogP contribution in [-0.2, 0) is 10.8 Å². The monoisotopic (exact) mass is 207 g/mol. The largest absolute Gasteiger partial charge is 0.497 e. The van der Waals surface area contributed by atoms with Crippen molar-refractivity contribution in [2.75, 3.05) is 7.11 Å². The van der Waals surface area contributed by atoms with Crippen LogP contribution in [0.3, 0.4) is 0 Å². The average Bonchev–Trinajstić information content (AvgIpc) is 2.65. The van der Waals surface area contributed by atoms with Crippen molar-refractivity contribution < 1.29 is 8.95 Å². The van der Waals surface area contributed by atoms with Gasteiger partial charge in [0.2, 0.25) is 0 Å². The number of hydrogen-bond acceptors (Lipinski definition) is 3. The van der Waals surface area contributed by atoms with Crippen molar-refractivity contribution in [1.29, 1.82) is 0 Å². The van der Waals surface area contributed by atoms with Crippen molar-refractivity contribution in [2.24, 2.45) is 4.99 Å². The van der Waals surface area contributed by atoms with Gasteiger partial charge in [-0.1, -0.05) is 0 Å². The van der Waals surface area contributed by atoms with Gasteiger partial charge in [0.25, 0.3) is 0 Å². The fraction of sp³-hybridized carbons (Fsp3) is 0.100. The maximum Gasteiger partial charge on any atom is 0.138 e. The lowest BCUT2D eigenvalue weighted by molar-refractivity contribution is 0.415. The van der Waals surface area contributed by atoms with Crippen LogP contribution in [0.1, 0.15) is 5.56 Å². The molecule has 1 aromatic carbocycles. The summed E-state index contributed by atoms with van der Waals surface area (Å²) in [5, 5.41) is 2.17. The first kappa shape index (κ1) is 9.15. The van der Waals surface area contributed by atoms with E-state index in [1.165, 1.54) is 0 Å². The average molecular weight is 207 g/mol. The highest BCUT2D eigenvalue weighted by Gasteiger charge is 2.12. The molecule has 0 N–H and O–H groups in total. The Labute approximate surface area is 84.6 Å². The summed E-state index contributed by atoms with van der Waals surface area (Å²) in [6.07, 6.45) is 1.57. The number of aliphatic imine (C=N–C) groups is 1. The van der Waals surface area contributed by atoms with Crippen LogP contribution < -0.4 is 4.74 Å². The first-order valence-corrected chi connectivity index (χ1v) is 5.32. The summed E-state index contributed by atoms with van der Waals surface area (Å²) < 4.78 is 16.4. The van der Waals surface area contributed by atoms with Gasteiger partial charge in [0.1, 0.15) is 10.8 Å². The zero-order valence-corrected chi connectivity index (χ0v) is 8.45. The van der Waals surface area contributed by atoms with E-state index in [0.29, 0.717) is 5.04 Å². The second kappa shape index (κ2) is 3.75. The van der Waals surface area contributed by atoms with Crippen LogP contribution in [0.2, 0.25) is 0 Å². The molecular formula is C10H9NO2S. The number of rotatable bonds is 2. The SMILES string of the molecule is COc1ccc(C2=NC=CS2=O)cc1. The minimum Gasteiger partial charge on any atom is -0.497 e. The zero-order valence-electron chi connectivity index (χ0n) is 7.64. The number of ether oxygens (including phenoxy) is 1. The van der Waals surface area contributed by atoms with Crippen molar-refractivity contribution in [2.45, 2.75) is 0 Å². The van der Waals surface area contributed by atoms with Gasteiger partial charge in [-0.25, -0.2) is 9.20 Å². The van der Waals surface area contributed by atoms with Crippen LogP contribution in [0.25, 0.3) is 0 Å². The highest BCUT2D eigenvalue weighted by atomic mass is 32.2. The first-order valence-electron chi connectivity index (χ1n) is 4.11. The molecule has 1 unspecified atom stereocenters. The molecule has 0 amide bonds. The molecule has 1 heterocycles. The Morgan fingerprint density at radius 2 is 2.00 bits per heavy atom. The van der Waals surface area contributed by atoms with Gasteiger partial charge in [-0.05, 0) is 24.3 Å². The van der Waals surface area contributed by atoms with Crippen LogP contribution in [0.5, 0.6) is 5.75 Å². The molecule has 1 aromatic rings. The Bertz CT molecular complexity index is 420. The Kier molecular flexibility index (Phi) is 2.45. The van der Waals surface area contributed by atoms with Crippen molar-refractivity contribution in [3.63, 3.8) is 0 Å². The quantitative estimate of drug-likeness (QED) is 0.740. The summed E-state index contributed by atoms with van der Waals surface area (Å²) in [5.74, 6) is 0.783. The van der Waals surface area contributed by atoms with E-state index in [9.17, 15) is 4.21 Å². The topological polar surface area (TPSA) is 38.7 Å². The highest BCUT2D eigenvalue weighted by Crippen LogP contribution is 2.15. The summed E-state index contributed by atoms with van der Waals surface area (Å²) in [6.45, 7) is 0. The van der Waals surface area contributed by atoms with Crippen LogP contribution >= 0.6 is 0 Å². The summed E-state index contributed by atoms with van der Waals surface area (Å²) in [4.78, 5) is 4.04. The van der Waals surface area contributed by atoms with E-state index in [-0.39, 0.29) is 0 Å². The molecular weight excluding hydrogens is 198 g/mol. The molecule has 1 aliphatic rings. The van der Waals surface area contributed by atoms with E-state index in [1.54, 1.807) is 18.7 Å². The fourth-order valence-corrected chi connectivity index (χ4v) is 2.03. The van der Waals surface area contributed by atoms with E-state index in [4.69, 9.17) is 4.74 Å². The third-order valence-electron chi connectivity index (χ3n) is 1.90. The third kappa shape index (κ3) is 1.61. The van der Waals surface area contributed by atoms with Crippen LogP contribution in [0, 0.1) is 0 Å². The summed E-state index contributed by atoms with van der Waals surface area (Å²) >= 11 is 0. The molecule has 0 aliphatic carbocycles. The molecule has 0 fully saturated rings. The predicted octanol–water partition coefficient (Wildman–Crippen LogP) is 1.68. The summed E-state index contributed by atoms with van der Waals surface area (Å²) in [7, 11) is 0.521. The van der Waals surface area contributed by atoms with Crippen molar-refractivity contribution in [3.05, 3.63) is 41.4 Å². The fourth-order valence-electron chi connectivity index (χ4n) is 1.19. The lowest BCUT2D eigenvalue weighted by atomic mass is 10.2. The van der Waals surface area contributed by atoms with Crippen molar-refractivity contribution in [3.8, 4) is 5.75 Å². The molecule has 0 bridgehead atoms. The third-order valence-corrected chi connectivity index (χ3v) is 2.99. The first-order chi connectivity index (χ1) is 6.81. The minimum atomic E-state index is -1.09. The molecule has 0 saturated heterocycles. The lowest BCUT2D eigenvalue weighted by Gasteiger charge is -2.01. The Morgan fingerprint density at radius 1 is 1.29 bits per heavy atom. The second-order valence-electron chi connectivity index (χ2n) is 2.75. The normalized spacial score (nSPS) is 19.5. The maximum atomic E-state index is 11.4. The molecule has 0 aromatic heterocycles. The number of methoxy groups -OCH3 is 1. The molecule has 14 heavy (non-hydrogen) atoms. The van der Waals surface area contributed by atoms with Gasteiger partial charge in [-0.2, -0.15) is 0 Å². The Balaban J connectivity index is 2.30. The van der Waals surface area contributed by atoms with Crippen molar-refractivity contribution in [1.82, 2.24) is 0 Å². The van der Waals surface area contributed by atoms with Crippen LogP contribution in [0.4, 0.5) is 0 Å². The van der Waals surface area contributed by atoms with Gasteiger partial charge in [0.05, 0.1) is 17.9 Å². The number of hydrogen-bond donors (Lipinski definition) is 0. The number of nitrogens with zero attached hydrogens (tertiary/aromatic N) is 1. The van der Waals surface area contributed by atoms with Gasteiger partial charge in [0, 0.05) is 17.2 Å². The lowest BCUT2D eigenvalue weighted by Crippen LogP contribution is -2.02. The molecule has 2 rings (SSSR count). The molecule has 1 atom stereocenters. The maximum absolute atomic E-state index is 11.4. The zero-order chi connectivity index (χ0) is 9.97. The van der Waals surface area contributed by atoms with Crippen molar-refractivity contribution >= 4 is 15.8 Å². The van der Waals surface area contributed by atoms with E-state index in [0.717, 1.165) is 11.3 Å². The van der Waals surface area contributed by atoms with Gasteiger partial charge in [-0.3, -0.25) is 0 Å². The van der Waals surface area contributed by atoms with Gasteiger partial charge < -0.3 is 4.74 Å². The molecule has 4 heteroatoms. The smallest absolute Gasteiger partial charge is 0.138 e. The van der Waals surface area contributed by atoms with E-state index >= 15 is 0 Å². The molecule has 0 radical (unpaired) electrons. The molecule has 0 saturated carbocycles. The molecule has 1 aliphatic heterocycles. The number of benzene rings is 1. The Morgan fingerprint density at radius 3 is 2.50 bits per heavy atom. The van der Waals surface area contributed by atoms with E-state index in [2.05, 4.69) is 4.99 Å². The van der Waals surface area contributed by atoms with E-state index in [1.807, 2.05) is 24.3 Å². The minimum absolute atomic E-state index is 0.604. The Hall–Kier alpha value is -1.42. The molecule has 0 spiro atoms. The van der Waals surface area contributed by atoms with Crippen LogP contribution in [-0.4, -0.2) is 16.4 Å². The van der Waals surface area contributed by atoms with Crippen LogP contribution in [0.15, 0.2) is 40.9 Å².